The van der Waals surface area contributed by atoms with Gasteiger partial charge in [0.15, 0.2) is 0 Å². The van der Waals surface area contributed by atoms with E-state index < -0.39 is 5.97 Å². The Bertz CT molecular complexity index is 404. The molecule has 2 atom stereocenters. The van der Waals surface area contributed by atoms with Crippen LogP contribution in [0, 0.1) is 5.92 Å². The van der Waals surface area contributed by atoms with Crippen molar-refractivity contribution in [1.82, 2.24) is 4.90 Å². The average Bonchev–Trinajstić information content (AvgIpc) is 2.88. The number of hydrogen-bond acceptors (Lipinski definition) is 2. The second-order valence-corrected chi connectivity index (χ2v) is 5.48. The molecule has 3 nitrogen and oxygen atoms in total. The highest BCUT2D eigenvalue weighted by molar-refractivity contribution is 5.70. The molecule has 1 aromatic carbocycles. The second-order valence-electron chi connectivity index (χ2n) is 5.48. The Morgan fingerprint density at radius 1 is 1.42 bits per heavy atom. The van der Waals surface area contributed by atoms with Crippen LogP contribution >= 0.6 is 0 Å². The van der Waals surface area contributed by atoms with Gasteiger partial charge in [0.2, 0.25) is 0 Å². The van der Waals surface area contributed by atoms with Gasteiger partial charge in [-0.3, -0.25) is 4.79 Å². The van der Waals surface area contributed by atoms with Gasteiger partial charge >= 0.3 is 5.97 Å². The van der Waals surface area contributed by atoms with Crippen LogP contribution in [0.2, 0.25) is 0 Å². The molecule has 0 radical (unpaired) electrons. The summed E-state index contributed by atoms with van der Waals surface area (Å²) in [6, 6.07) is 10.6. The van der Waals surface area contributed by atoms with Crippen LogP contribution in [0.4, 0.5) is 0 Å². The molecule has 0 aliphatic carbocycles. The van der Waals surface area contributed by atoms with E-state index in [1.807, 2.05) is 6.07 Å². The summed E-state index contributed by atoms with van der Waals surface area (Å²) >= 11 is 0. The first-order valence-electron chi connectivity index (χ1n) is 7.20. The van der Waals surface area contributed by atoms with E-state index in [1.165, 1.54) is 5.56 Å². The Morgan fingerprint density at radius 3 is 2.74 bits per heavy atom. The topological polar surface area (TPSA) is 40.5 Å². The van der Waals surface area contributed by atoms with Gasteiger partial charge in [-0.25, -0.2) is 0 Å². The fraction of sp³-hybridized carbons (Fsp3) is 0.562. The van der Waals surface area contributed by atoms with Gasteiger partial charge in [0.05, 0.1) is 5.92 Å². The van der Waals surface area contributed by atoms with Crippen molar-refractivity contribution in [3.63, 3.8) is 0 Å². The van der Waals surface area contributed by atoms with E-state index in [0.29, 0.717) is 12.5 Å². The molecule has 2 rings (SSSR count). The minimum Gasteiger partial charge on any atom is -0.481 e. The summed E-state index contributed by atoms with van der Waals surface area (Å²) in [5.41, 5.74) is 1.38. The van der Waals surface area contributed by atoms with Crippen molar-refractivity contribution in [2.24, 2.45) is 5.92 Å². The van der Waals surface area contributed by atoms with Crippen molar-refractivity contribution in [1.29, 1.82) is 0 Å². The van der Waals surface area contributed by atoms with E-state index in [0.717, 1.165) is 32.4 Å². The number of hydrogen-bond donors (Lipinski definition) is 1. The maximum atomic E-state index is 11.0. The van der Waals surface area contributed by atoms with Crippen LogP contribution in [0.15, 0.2) is 30.3 Å². The lowest BCUT2D eigenvalue weighted by Crippen LogP contribution is -2.28. The summed E-state index contributed by atoms with van der Waals surface area (Å²) in [4.78, 5) is 13.3. The first-order chi connectivity index (χ1) is 9.20. The van der Waals surface area contributed by atoms with Crippen LogP contribution in [0.5, 0.6) is 0 Å². The predicted octanol–water partition coefficient (Wildman–Crippen LogP) is 2.98. The highest BCUT2D eigenvalue weighted by Crippen LogP contribution is 2.25. The van der Waals surface area contributed by atoms with Crippen molar-refractivity contribution in [3.8, 4) is 0 Å². The third-order valence-corrected chi connectivity index (χ3v) is 4.01. The van der Waals surface area contributed by atoms with E-state index in [9.17, 15) is 4.79 Å². The molecule has 104 valence electrons. The molecule has 1 aliphatic heterocycles. The molecule has 0 aromatic heterocycles. The van der Waals surface area contributed by atoms with Crippen LogP contribution in [-0.4, -0.2) is 35.6 Å². The Balaban J connectivity index is 1.96. The molecule has 1 aliphatic rings. The molecule has 1 aromatic rings. The minimum atomic E-state index is -0.644. The minimum absolute atomic E-state index is 0.168. The fourth-order valence-electron chi connectivity index (χ4n) is 2.95. The van der Waals surface area contributed by atoms with Gasteiger partial charge in [-0.05, 0) is 30.9 Å². The lowest BCUT2D eigenvalue weighted by atomic mass is 9.94. The fourth-order valence-corrected chi connectivity index (χ4v) is 2.95. The highest BCUT2D eigenvalue weighted by atomic mass is 16.4. The van der Waals surface area contributed by atoms with Gasteiger partial charge in [-0.2, -0.15) is 0 Å². The average molecular weight is 261 g/mol. The predicted molar refractivity (Wildman–Crippen MR) is 76.3 cm³/mol. The summed E-state index contributed by atoms with van der Waals surface area (Å²) in [5, 5.41) is 9.06. The standard InChI is InChI=1S/C16H23NO2/c1-2-6-14(13-7-4-3-5-8-13)11-17-10-9-15(12-17)16(18)19/h3-5,7-8,14-15H,2,6,9-12H2,1H3,(H,18,19). The normalized spacial score (nSPS) is 21.4. The van der Waals surface area contributed by atoms with E-state index in [2.05, 4.69) is 36.1 Å². The Morgan fingerprint density at radius 2 is 2.16 bits per heavy atom. The zero-order chi connectivity index (χ0) is 13.7. The van der Waals surface area contributed by atoms with Gasteiger partial charge in [0.25, 0.3) is 0 Å². The van der Waals surface area contributed by atoms with E-state index in [4.69, 9.17) is 5.11 Å². The number of rotatable bonds is 6. The molecule has 1 saturated heterocycles. The first-order valence-corrected chi connectivity index (χ1v) is 7.20. The molecule has 1 heterocycles. The molecule has 0 spiro atoms. The molecule has 1 fully saturated rings. The number of carbonyl (C=O) groups is 1. The second kappa shape index (κ2) is 6.71. The highest BCUT2D eigenvalue weighted by Gasteiger charge is 2.29. The Kier molecular flexibility index (Phi) is 4.97. The van der Waals surface area contributed by atoms with Crippen LogP contribution in [-0.2, 0) is 4.79 Å². The lowest BCUT2D eigenvalue weighted by molar-refractivity contribution is -0.141. The van der Waals surface area contributed by atoms with Crippen molar-refractivity contribution >= 4 is 5.97 Å². The molecule has 3 heteroatoms. The number of carboxylic acids is 1. The summed E-state index contributed by atoms with van der Waals surface area (Å²) in [6.07, 6.45) is 3.12. The third kappa shape index (κ3) is 3.80. The number of likely N-dealkylation sites (tertiary alicyclic amines) is 1. The summed E-state index contributed by atoms with van der Waals surface area (Å²) in [5.74, 6) is -0.286. The van der Waals surface area contributed by atoms with Crippen LogP contribution < -0.4 is 0 Å². The number of carboxylic acid groups (broad SMARTS) is 1. The van der Waals surface area contributed by atoms with Crippen LogP contribution in [0.25, 0.3) is 0 Å². The molecular weight excluding hydrogens is 238 g/mol. The molecule has 0 amide bonds. The van der Waals surface area contributed by atoms with Crippen molar-refractivity contribution in [2.75, 3.05) is 19.6 Å². The molecule has 1 N–H and O–H groups in total. The largest absolute Gasteiger partial charge is 0.481 e. The smallest absolute Gasteiger partial charge is 0.307 e. The maximum absolute atomic E-state index is 11.0. The zero-order valence-electron chi connectivity index (χ0n) is 11.6. The summed E-state index contributed by atoms with van der Waals surface area (Å²) in [6.45, 7) is 4.83. The monoisotopic (exact) mass is 261 g/mol. The zero-order valence-corrected chi connectivity index (χ0v) is 11.6. The number of benzene rings is 1. The van der Waals surface area contributed by atoms with E-state index >= 15 is 0 Å². The summed E-state index contributed by atoms with van der Waals surface area (Å²) < 4.78 is 0. The molecule has 0 bridgehead atoms. The first kappa shape index (κ1) is 14.1. The lowest BCUT2D eigenvalue weighted by Gasteiger charge is -2.23. The Labute approximate surface area is 115 Å². The van der Waals surface area contributed by atoms with Gasteiger partial charge in [-0.1, -0.05) is 43.7 Å². The maximum Gasteiger partial charge on any atom is 0.307 e. The van der Waals surface area contributed by atoms with Crippen molar-refractivity contribution in [3.05, 3.63) is 35.9 Å². The van der Waals surface area contributed by atoms with Crippen LogP contribution in [0.1, 0.15) is 37.7 Å². The molecular formula is C16H23NO2. The van der Waals surface area contributed by atoms with Crippen molar-refractivity contribution in [2.45, 2.75) is 32.1 Å². The number of aliphatic carboxylic acids is 1. The van der Waals surface area contributed by atoms with Gasteiger partial charge in [0, 0.05) is 13.1 Å². The molecule has 19 heavy (non-hydrogen) atoms. The Hall–Kier alpha value is -1.35. The summed E-state index contributed by atoms with van der Waals surface area (Å²) in [7, 11) is 0. The van der Waals surface area contributed by atoms with Gasteiger partial charge in [0.1, 0.15) is 0 Å². The third-order valence-electron chi connectivity index (χ3n) is 4.01. The number of nitrogens with zero attached hydrogens (tertiary/aromatic N) is 1. The molecule has 0 saturated carbocycles. The van der Waals surface area contributed by atoms with Gasteiger partial charge in [-0.15, -0.1) is 0 Å². The van der Waals surface area contributed by atoms with E-state index in [-0.39, 0.29) is 5.92 Å². The molecule has 2 unspecified atom stereocenters. The SMILES string of the molecule is CCCC(CN1CCC(C(=O)O)C1)c1ccccc1. The van der Waals surface area contributed by atoms with Gasteiger partial charge < -0.3 is 10.0 Å². The van der Waals surface area contributed by atoms with Crippen LogP contribution in [0.3, 0.4) is 0 Å². The van der Waals surface area contributed by atoms with E-state index in [1.54, 1.807) is 0 Å². The van der Waals surface area contributed by atoms with Crippen molar-refractivity contribution < 1.29 is 9.90 Å². The quantitative estimate of drug-likeness (QED) is 0.856.